The van der Waals surface area contributed by atoms with E-state index in [2.05, 4.69) is 15.6 Å². The van der Waals surface area contributed by atoms with E-state index in [0.29, 0.717) is 42.8 Å². The molecule has 3 saturated carbocycles. The van der Waals surface area contributed by atoms with Crippen molar-refractivity contribution < 1.29 is 33.7 Å². The SMILES string of the molecule is CNc1ccc(CNc2ccc([C@@H]3O[C@@H]4C[C@H]5[C@@H]6CCC7=CC(=O)C=C[C@]7(C)[C@@]6(F)[C@@H](O)C[C@]5(C)[C@]4(C(=O)CO)O3)cn2)cc1. The average Bonchev–Trinajstić information content (AvgIpc) is 3.54. The van der Waals surface area contributed by atoms with Gasteiger partial charge in [-0.15, -0.1) is 0 Å². The molecule has 9 nitrogen and oxygen atoms in total. The van der Waals surface area contributed by atoms with Gasteiger partial charge >= 0.3 is 0 Å². The van der Waals surface area contributed by atoms with Crippen molar-refractivity contribution in [1.82, 2.24) is 4.98 Å². The molecular weight excluding hydrogens is 577 g/mol. The van der Waals surface area contributed by atoms with Crippen LogP contribution in [-0.2, 0) is 25.6 Å². The molecule has 1 aromatic heterocycles. The van der Waals surface area contributed by atoms with Gasteiger partial charge in [0, 0.05) is 47.8 Å². The third-order valence-corrected chi connectivity index (χ3v) is 11.7. The predicted octanol–water partition coefficient (Wildman–Crippen LogP) is 4.43. The third kappa shape index (κ3) is 4.15. The highest BCUT2D eigenvalue weighted by molar-refractivity contribution is 6.01. The standard InChI is InChI=1S/C35H40FN3O6/c1-32-13-12-24(41)14-22(32)7-10-25-26-15-29-35(28(43)19-40,33(26,2)16-27(42)34(25,32)36)45-31(44-29)21-6-11-30(39-18-21)38-17-20-4-8-23(37-3)9-5-20/h4-6,8-9,11-14,18,25-27,29,31,37,40,42H,7,10,15-17,19H2,1-3H3,(H,38,39)/t25-,26-,27-,29+,31+,32-,33-,34-,35+/m0/s1. The first-order valence-corrected chi connectivity index (χ1v) is 15.8. The van der Waals surface area contributed by atoms with Crippen molar-refractivity contribution in [1.29, 1.82) is 0 Å². The number of hydrogen-bond donors (Lipinski definition) is 4. The van der Waals surface area contributed by atoms with Crippen LogP contribution in [0.25, 0.3) is 0 Å². The van der Waals surface area contributed by atoms with Crippen LogP contribution in [0.2, 0.25) is 0 Å². The molecule has 238 valence electrons. The van der Waals surface area contributed by atoms with Crippen LogP contribution in [0.1, 0.15) is 56.9 Å². The number of Topliss-reactive ketones (excluding diaryl/α,β-unsaturated/α-hetero) is 1. The minimum atomic E-state index is -2.04. The van der Waals surface area contributed by atoms with Gasteiger partial charge < -0.3 is 30.3 Å². The summed E-state index contributed by atoms with van der Waals surface area (Å²) in [5.41, 5.74) is -2.31. The van der Waals surface area contributed by atoms with E-state index >= 15 is 4.39 Å². The zero-order chi connectivity index (χ0) is 31.8. The monoisotopic (exact) mass is 617 g/mol. The number of ketones is 2. The lowest BCUT2D eigenvalue weighted by molar-refractivity contribution is -0.231. The maximum absolute atomic E-state index is 17.5. The van der Waals surface area contributed by atoms with E-state index in [4.69, 9.17) is 9.47 Å². The van der Waals surface area contributed by atoms with Gasteiger partial charge in [-0.1, -0.05) is 30.7 Å². The normalized spacial score (nSPS) is 39.7. The highest BCUT2D eigenvalue weighted by atomic mass is 19.1. The summed E-state index contributed by atoms with van der Waals surface area (Å²) in [5, 5.41) is 28.3. The molecule has 4 N–H and O–H groups in total. The molecule has 9 atom stereocenters. The van der Waals surface area contributed by atoms with Crippen molar-refractivity contribution in [2.24, 2.45) is 22.7 Å². The molecule has 5 aliphatic rings. The molecule has 45 heavy (non-hydrogen) atoms. The summed E-state index contributed by atoms with van der Waals surface area (Å²) in [6, 6.07) is 11.7. The van der Waals surface area contributed by atoms with Crippen LogP contribution < -0.4 is 10.6 Å². The highest BCUT2D eigenvalue weighted by Crippen LogP contribution is 2.72. The smallest absolute Gasteiger partial charge is 0.193 e. The number of allylic oxidation sites excluding steroid dienone is 4. The summed E-state index contributed by atoms with van der Waals surface area (Å²) in [6.45, 7) is 3.47. The van der Waals surface area contributed by atoms with Crippen molar-refractivity contribution in [3.8, 4) is 0 Å². The average molecular weight is 618 g/mol. The van der Waals surface area contributed by atoms with Crippen LogP contribution in [0.15, 0.2) is 66.4 Å². The number of aliphatic hydroxyl groups is 2. The summed E-state index contributed by atoms with van der Waals surface area (Å²) in [7, 11) is 1.87. The first-order valence-electron chi connectivity index (χ1n) is 15.8. The van der Waals surface area contributed by atoms with E-state index in [1.807, 2.05) is 50.4 Å². The molecule has 1 saturated heterocycles. The topological polar surface area (TPSA) is 130 Å². The van der Waals surface area contributed by atoms with Crippen LogP contribution in [0.4, 0.5) is 15.9 Å². The molecule has 4 fully saturated rings. The number of rotatable bonds is 7. The number of pyridine rings is 1. The molecule has 2 heterocycles. The molecule has 7 rings (SSSR count). The lowest BCUT2D eigenvalue weighted by Gasteiger charge is -2.62. The molecule has 1 aliphatic heterocycles. The second kappa shape index (κ2) is 10.6. The van der Waals surface area contributed by atoms with Crippen molar-refractivity contribution in [3.63, 3.8) is 0 Å². The number of hydrogen-bond acceptors (Lipinski definition) is 9. The van der Waals surface area contributed by atoms with Crippen molar-refractivity contribution in [3.05, 3.63) is 77.5 Å². The fourth-order valence-electron chi connectivity index (χ4n) is 9.35. The second-order valence-corrected chi connectivity index (χ2v) is 13.7. The molecule has 0 unspecified atom stereocenters. The maximum Gasteiger partial charge on any atom is 0.193 e. The number of carbonyl (C=O) groups excluding carboxylic acids is 2. The molecule has 0 radical (unpaired) electrons. The summed E-state index contributed by atoms with van der Waals surface area (Å²) in [6.07, 6.45) is 4.30. The molecule has 0 amide bonds. The Bertz CT molecular complexity index is 1580. The number of fused-ring (bicyclic) bond motifs is 7. The van der Waals surface area contributed by atoms with Crippen LogP contribution in [0, 0.1) is 22.7 Å². The summed E-state index contributed by atoms with van der Waals surface area (Å²) in [5.74, 6) is -1.00. The second-order valence-electron chi connectivity index (χ2n) is 13.7. The Morgan fingerprint density at radius 1 is 1.16 bits per heavy atom. The Morgan fingerprint density at radius 3 is 2.62 bits per heavy atom. The molecule has 4 aliphatic carbocycles. The number of benzene rings is 1. The van der Waals surface area contributed by atoms with Crippen molar-refractivity contribution in [2.45, 2.75) is 75.8 Å². The lowest BCUT2D eigenvalue weighted by Crippen LogP contribution is -2.69. The Kier molecular flexibility index (Phi) is 7.09. The predicted molar refractivity (Wildman–Crippen MR) is 165 cm³/mol. The largest absolute Gasteiger partial charge is 0.390 e. The Balaban J connectivity index is 1.14. The Labute approximate surface area is 261 Å². The Morgan fingerprint density at radius 2 is 1.93 bits per heavy atom. The van der Waals surface area contributed by atoms with E-state index in [-0.39, 0.29) is 18.1 Å². The Hall–Kier alpha value is -3.44. The molecule has 10 heteroatoms. The quantitative estimate of drug-likeness (QED) is 0.357. The van der Waals surface area contributed by atoms with Gasteiger partial charge in [-0.3, -0.25) is 9.59 Å². The van der Waals surface area contributed by atoms with Gasteiger partial charge in [-0.2, -0.15) is 0 Å². The first-order chi connectivity index (χ1) is 21.5. The van der Waals surface area contributed by atoms with Crippen LogP contribution in [0.3, 0.4) is 0 Å². The van der Waals surface area contributed by atoms with Crippen LogP contribution >= 0.6 is 0 Å². The van der Waals surface area contributed by atoms with Crippen molar-refractivity contribution in [2.75, 3.05) is 24.3 Å². The fraction of sp³-hybridized carbons (Fsp3) is 0.514. The van der Waals surface area contributed by atoms with E-state index in [1.54, 1.807) is 19.2 Å². The first kappa shape index (κ1) is 30.2. The van der Waals surface area contributed by atoms with Crippen LogP contribution in [-0.4, -0.2) is 63.9 Å². The summed E-state index contributed by atoms with van der Waals surface area (Å²) >= 11 is 0. The number of nitrogens with zero attached hydrogens (tertiary/aromatic N) is 1. The number of aromatic nitrogens is 1. The van der Waals surface area contributed by atoms with Gasteiger partial charge in [0.05, 0.1) is 12.2 Å². The van der Waals surface area contributed by atoms with E-state index in [0.717, 1.165) is 11.3 Å². The van der Waals surface area contributed by atoms with E-state index < -0.39 is 58.9 Å². The van der Waals surface area contributed by atoms with Gasteiger partial charge in [0.1, 0.15) is 12.4 Å². The van der Waals surface area contributed by atoms with Gasteiger partial charge in [-0.25, -0.2) is 9.37 Å². The lowest BCUT2D eigenvalue weighted by atomic mass is 9.44. The number of ether oxygens (including phenoxy) is 2. The van der Waals surface area contributed by atoms with E-state index in [1.165, 1.54) is 12.2 Å². The molecule has 2 aromatic rings. The number of alkyl halides is 1. The molecular formula is C35H40FN3O6. The van der Waals surface area contributed by atoms with Gasteiger partial charge in [-0.05, 0) is 80.5 Å². The van der Waals surface area contributed by atoms with Gasteiger partial charge in [0.15, 0.2) is 29.1 Å². The van der Waals surface area contributed by atoms with E-state index in [9.17, 15) is 19.8 Å². The van der Waals surface area contributed by atoms with Crippen LogP contribution in [0.5, 0.6) is 0 Å². The molecule has 0 bridgehead atoms. The number of carbonyl (C=O) groups is 2. The zero-order valence-electron chi connectivity index (χ0n) is 25.8. The summed E-state index contributed by atoms with van der Waals surface area (Å²) in [4.78, 5) is 30.4. The number of nitrogens with one attached hydrogen (secondary N) is 2. The highest BCUT2D eigenvalue weighted by Gasteiger charge is 2.79. The minimum absolute atomic E-state index is 0.0515. The maximum atomic E-state index is 17.5. The molecule has 0 spiro atoms. The third-order valence-electron chi connectivity index (χ3n) is 11.7. The van der Waals surface area contributed by atoms with Gasteiger partial charge in [0.2, 0.25) is 0 Å². The number of aliphatic hydroxyl groups excluding tert-OH is 2. The minimum Gasteiger partial charge on any atom is -0.390 e. The van der Waals surface area contributed by atoms with Crippen molar-refractivity contribution >= 4 is 23.1 Å². The summed E-state index contributed by atoms with van der Waals surface area (Å²) < 4.78 is 30.6. The fourth-order valence-corrected chi connectivity index (χ4v) is 9.35. The molecule has 1 aromatic carbocycles. The number of anilines is 2. The van der Waals surface area contributed by atoms with Gasteiger partial charge in [0.25, 0.3) is 0 Å². The number of halogens is 1. The zero-order valence-corrected chi connectivity index (χ0v) is 25.8.